The molecule has 0 aromatic carbocycles. The highest BCUT2D eigenvalue weighted by Crippen LogP contribution is 2.30. The van der Waals surface area contributed by atoms with E-state index >= 15 is 0 Å². The smallest absolute Gasteiger partial charge is 0.128 e. The Morgan fingerprint density at radius 2 is 2.24 bits per heavy atom. The van der Waals surface area contributed by atoms with E-state index in [9.17, 15) is 0 Å². The fourth-order valence-corrected chi connectivity index (χ4v) is 2.54. The second-order valence-corrected chi connectivity index (χ2v) is 5.71. The van der Waals surface area contributed by atoms with Gasteiger partial charge in [-0.2, -0.15) is 0 Å². The number of piperidine rings is 1. The van der Waals surface area contributed by atoms with Crippen LogP contribution in [0.1, 0.15) is 32.4 Å². The van der Waals surface area contributed by atoms with Crippen molar-refractivity contribution in [1.29, 1.82) is 0 Å². The van der Waals surface area contributed by atoms with Crippen molar-refractivity contribution in [2.75, 3.05) is 25.0 Å². The van der Waals surface area contributed by atoms with Gasteiger partial charge in [0, 0.05) is 19.6 Å². The van der Waals surface area contributed by atoms with E-state index in [2.05, 4.69) is 42.3 Å². The molecule has 1 saturated heterocycles. The van der Waals surface area contributed by atoms with Crippen LogP contribution in [0, 0.1) is 5.41 Å². The van der Waals surface area contributed by atoms with Crippen molar-refractivity contribution in [3.63, 3.8) is 0 Å². The molecule has 0 bridgehead atoms. The third-order valence-corrected chi connectivity index (χ3v) is 3.37. The Morgan fingerprint density at radius 3 is 2.94 bits per heavy atom. The standard InChI is InChI=1S/C14H23N3/c1-14(2)8-5-9-17(11-14)13-7-4-6-12(16-13)10-15-3/h4,6-7,15H,5,8-11H2,1-3H3. The summed E-state index contributed by atoms with van der Waals surface area (Å²) < 4.78 is 0. The summed E-state index contributed by atoms with van der Waals surface area (Å²) in [7, 11) is 1.96. The van der Waals surface area contributed by atoms with Crippen LogP contribution in [-0.2, 0) is 6.54 Å². The second kappa shape index (κ2) is 5.05. The molecule has 0 atom stereocenters. The van der Waals surface area contributed by atoms with Crippen molar-refractivity contribution in [2.24, 2.45) is 5.41 Å². The van der Waals surface area contributed by atoms with Crippen molar-refractivity contribution >= 4 is 5.82 Å². The number of nitrogens with one attached hydrogen (secondary N) is 1. The fraction of sp³-hybridized carbons (Fsp3) is 0.643. The predicted octanol–water partition coefficient (Wildman–Crippen LogP) is 2.43. The lowest BCUT2D eigenvalue weighted by molar-refractivity contribution is 0.292. The first-order chi connectivity index (χ1) is 8.11. The third-order valence-electron chi connectivity index (χ3n) is 3.37. The molecule has 0 spiro atoms. The highest BCUT2D eigenvalue weighted by Gasteiger charge is 2.26. The van der Waals surface area contributed by atoms with E-state index in [1.807, 2.05) is 7.05 Å². The zero-order chi connectivity index (χ0) is 12.3. The van der Waals surface area contributed by atoms with Gasteiger partial charge in [-0.3, -0.25) is 0 Å². The van der Waals surface area contributed by atoms with Gasteiger partial charge >= 0.3 is 0 Å². The molecule has 1 aliphatic heterocycles. The van der Waals surface area contributed by atoms with Crippen molar-refractivity contribution in [2.45, 2.75) is 33.2 Å². The Kier molecular flexibility index (Phi) is 3.67. The molecule has 1 aromatic heterocycles. The molecule has 1 N–H and O–H groups in total. The highest BCUT2D eigenvalue weighted by atomic mass is 15.2. The average Bonchev–Trinajstić information content (AvgIpc) is 2.28. The van der Waals surface area contributed by atoms with Crippen LogP contribution >= 0.6 is 0 Å². The number of hydrogen-bond acceptors (Lipinski definition) is 3. The number of aromatic nitrogens is 1. The number of anilines is 1. The SMILES string of the molecule is CNCc1cccc(N2CCCC(C)(C)C2)n1. The minimum absolute atomic E-state index is 0.416. The molecule has 94 valence electrons. The average molecular weight is 233 g/mol. The lowest BCUT2D eigenvalue weighted by atomic mass is 9.84. The van der Waals surface area contributed by atoms with Gasteiger partial charge in [0.15, 0.2) is 0 Å². The Bertz CT molecular complexity index is 373. The third kappa shape index (κ3) is 3.19. The van der Waals surface area contributed by atoms with Crippen LogP contribution in [0.15, 0.2) is 18.2 Å². The highest BCUT2D eigenvalue weighted by molar-refractivity contribution is 5.40. The Labute approximate surface area is 104 Å². The summed E-state index contributed by atoms with van der Waals surface area (Å²) in [6, 6.07) is 6.31. The zero-order valence-electron chi connectivity index (χ0n) is 11.2. The minimum Gasteiger partial charge on any atom is -0.356 e. The molecule has 0 radical (unpaired) electrons. The molecule has 3 nitrogen and oxygen atoms in total. The summed E-state index contributed by atoms with van der Waals surface area (Å²) in [4.78, 5) is 7.13. The van der Waals surface area contributed by atoms with Crippen LogP contribution in [-0.4, -0.2) is 25.1 Å². The van der Waals surface area contributed by atoms with Crippen molar-refractivity contribution < 1.29 is 0 Å². The number of hydrogen-bond donors (Lipinski definition) is 1. The zero-order valence-corrected chi connectivity index (χ0v) is 11.2. The molecule has 3 heteroatoms. The largest absolute Gasteiger partial charge is 0.356 e. The van der Waals surface area contributed by atoms with Gasteiger partial charge in [0.05, 0.1) is 5.69 Å². The van der Waals surface area contributed by atoms with Gasteiger partial charge in [-0.25, -0.2) is 4.98 Å². The maximum absolute atomic E-state index is 4.72. The molecule has 2 heterocycles. The minimum atomic E-state index is 0.416. The molecule has 0 aliphatic carbocycles. The van der Waals surface area contributed by atoms with E-state index < -0.39 is 0 Å². The molecule has 0 unspecified atom stereocenters. The number of pyridine rings is 1. The molecule has 0 saturated carbocycles. The van der Waals surface area contributed by atoms with E-state index in [1.54, 1.807) is 0 Å². The first kappa shape index (κ1) is 12.4. The van der Waals surface area contributed by atoms with Crippen LogP contribution in [0.5, 0.6) is 0 Å². The van der Waals surface area contributed by atoms with E-state index in [4.69, 9.17) is 4.98 Å². The van der Waals surface area contributed by atoms with Gasteiger partial charge in [0.2, 0.25) is 0 Å². The summed E-state index contributed by atoms with van der Waals surface area (Å²) in [5.41, 5.74) is 1.53. The molecule has 1 fully saturated rings. The Hall–Kier alpha value is -1.09. The van der Waals surface area contributed by atoms with Crippen molar-refractivity contribution in [3.05, 3.63) is 23.9 Å². The molecule has 1 aromatic rings. The van der Waals surface area contributed by atoms with Crippen LogP contribution in [0.4, 0.5) is 5.82 Å². The van der Waals surface area contributed by atoms with Crippen LogP contribution < -0.4 is 10.2 Å². The van der Waals surface area contributed by atoms with Crippen LogP contribution in [0.2, 0.25) is 0 Å². The van der Waals surface area contributed by atoms with Gasteiger partial charge in [-0.15, -0.1) is 0 Å². The van der Waals surface area contributed by atoms with Gasteiger partial charge in [0.1, 0.15) is 5.82 Å². The predicted molar refractivity (Wildman–Crippen MR) is 72.2 cm³/mol. The summed E-state index contributed by atoms with van der Waals surface area (Å²) >= 11 is 0. The molecule has 17 heavy (non-hydrogen) atoms. The van der Waals surface area contributed by atoms with E-state index in [1.165, 1.54) is 12.8 Å². The summed E-state index contributed by atoms with van der Waals surface area (Å²) in [5, 5.41) is 3.15. The quantitative estimate of drug-likeness (QED) is 0.869. The second-order valence-electron chi connectivity index (χ2n) is 5.71. The molecular weight excluding hydrogens is 210 g/mol. The van der Waals surface area contributed by atoms with Gasteiger partial charge in [-0.05, 0) is 37.4 Å². The first-order valence-electron chi connectivity index (χ1n) is 6.46. The first-order valence-corrected chi connectivity index (χ1v) is 6.46. The van der Waals surface area contributed by atoms with E-state index in [0.717, 1.165) is 31.1 Å². The Morgan fingerprint density at radius 1 is 1.41 bits per heavy atom. The van der Waals surface area contributed by atoms with Gasteiger partial charge in [-0.1, -0.05) is 19.9 Å². The van der Waals surface area contributed by atoms with E-state index in [0.29, 0.717) is 5.41 Å². The van der Waals surface area contributed by atoms with E-state index in [-0.39, 0.29) is 0 Å². The molecular formula is C14H23N3. The maximum atomic E-state index is 4.72. The van der Waals surface area contributed by atoms with Gasteiger partial charge in [0.25, 0.3) is 0 Å². The summed E-state index contributed by atoms with van der Waals surface area (Å²) in [6.45, 7) is 7.78. The normalized spacial score (nSPS) is 19.4. The van der Waals surface area contributed by atoms with Crippen molar-refractivity contribution in [1.82, 2.24) is 10.3 Å². The monoisotopic (exact) mass is 233 g/mol. The number of rotatable bonds is 3. The lowest BCUT2D eigenvalue weighted by Gasteiger charge is -2.38. The fourth-order valence-electron chi connectivity index (χ4n) is 2.54. The van der Waals surface area contributed by atoms with Crippen molar-refractivity contribution in [3.8, 4) is 0 Å². The summed E-state index contributed by atoms with van der Waals surface area (Å²) in [6.07, 6.45) is 2.59. The van der Waals surface area contributed by atoms with Crippen LogP contribution in [0.3, 0.4) is 0 Å². The molecule has 0 amide bonds. The summed E-state index contributed by atoms with van der Waals surface area (Å²) in [5.74, 6) is 1.13. The number of nitrogens with zero attached hydrogens (tertiary/aromatic N) is 2. The van der Waals surface area contributed by atoms with Gasteiger partial charge < -0.3 is 10.2 Å². The van der Waals surface area contributed by atoms with Crippen LogP contribution in [0.25, 0.3) is 0 Å². The lowest BCUT2D eigenvalue weighted by Crippen LogP contribution is -2.40. The maximum Gasteiger partial charge on any atom is 0.128 e. The topological polar surface area (TPSA) is 28.2 Å². The Balaban J connectivity index is 2.13. The molecule has 1 aliphatic rings. The molecule has 2 rings (SSSR count).